The second kappa shape index (κ2) is 6.03. The van der Waals surface area contributed by atoms with Crippen LogP contribution in [0.4, 0.5) is 0 Å². The fraction of sp³-hybridized carbons (Fsp3) is 0. The Morgan fingerprint density at radius 3 is 1.47 bits per heavy atom. The predicted octanol–water partition coefficient (Wildman–Crippen LogP) is 1.73. The second-order valence-corrected chi connectivity index (χ2v) is 4.76. The van der Waals surface area contributed by atoms with Crippen LogP contribution >= 0.6 is 0 Å². The van der Waals surface area contributed by atoms with Crippen LogP contribution in [0.15, 0.2) is 65.6 Å². The number of primary sulfonamides is 1. The molecule has 0 fully saturated rings. The summed E-state index contributed by atoms with van der Waals surface area (Å²) in [5.41, 5.74) is 0. The van der Waals surface area contributed by atoms with E-state index >= 15 is 0 Å². The third kappa shape index (κ3) is 5.14. The minimum Gasteiger partial charge on any atom is -0.508 e. The van der Waals surface area contributed by atoms with Crippen molar-refractivity contribution in [3.63, 3.8) is 0 Å². The number of nitrogens with two attached hydrogens (primary N) is 1. The van der Waals surface area contributed by atoms with Crippen LogP contribution in [-0.2, 0) is 10.0 Å². The number of hydrogen-bond donors (Lipinski definition) is 2. The van der Waals surface area contributed by atoms with E-state index in [0.717, 1.165) is 0 Å². The molecule has 0 aliphatic heterocycles. The molecular formula is C12H13NO3S. The molecule has 0 unspecified atom stereocenters. The van der Waals surface area contributed by atoms with Crippen LogP contribution in [0.3, 0.4) is 0 Å². The molecule has 17 heavy (non-hydrogen) atoms. The fourth-order valence-electron chi connectivity index (χ4n) is 1.04. The van der Waals surface area contributed by atoms with Gasteiger partial charge < -0.3 is 5.11 Å². The molecule has 2 aromatic carbocycles. The minimum absolute atomic E-state index is 0.148. The highest BCUT2D eigenvalue weighted by atomic mass is 32.2. The molecular weight excluding hydrogens is 238 g/mol. The molecule has 0 aliphatic carbocycles. The van der Waals surface area contributed by atoms with Crippen LogP contribution in [-0.4, -0.2) is 13.5 Å². The molecule has 0 atom stereocenters. The lowest BCUT2D eigenvalue weighted by atomic mass is 10.3. The van der Waals surface area contributed by atoms with E-state index in [4.69, 9.17) is 10.2 Å². The van der Waals surface area contributed by atoms with Gasteiger partial charge in [0.2, 0.25) is 10.0 Å². The van der Waals surface area contributed by atoms with Gasteiger partial charge in [0.1, 0.15) is 5.75 Å². The van der Waals surface area contributed by atoms with Crippen molar-refractivity contribution in [3.8, 4) is 5.75 Å². The number of aromatic hydroxyl groups is 1. The van der Waals surface area contributed by atoms with Gasteiger partial charge in [-0.3, -0.25) is 0 Å². The quantitative estimate of drug-likeness (QED) is 0.809. The van der Waals surface area contributed by atoms with Crippen LogP contribution in [0.2, 0.25) is 0 Å². The summed E-state index contributed by atoms with van der Waals surface area (Å²) in [6.45, 7) is 0. The molecule has 0 amide bonds. The Bertz CT molecular complexity index is 538. The van der Waals surface area contributed by atoms with E-state index in [1.165, 1.54) is 12.1 Å². The summed E-state index contributed by atoms with van der Waals surface area (Å²) >= 11 is 0. The summed E-state index contributed by atoms with van der Waals surface area (Å²) < 4.78 is 21.2. The standard InChI is InChI=1S/C6H7NO2S.C6H6O/c7-10(8,9)6-4-2-1-3-5-6;7-6-4-2-1-3-5-6/h1-5H,(H2,7,8,9);1-5,7H. The average Bonchev–Trinajstić information content (AvgIpc) is 2.31. The summed E-state index contributed by atoms with van der Waals surface area (Å²) in [4.78, 5) is 0.148. The third-order valence-corrected chi connectivity index (χ3v) is 2.76. The predicted molar refractivity (Wildman–Crippen MR) is 65.9 cm³/mol. The lowest BCUT2D eigenvalue weighted by Crippen LogP contribution is -2.11. The SMILES string of the molecule is NS(=O)(=O)c1ccccc1.Oc1ccccc1. The number of para-hydroxylation sites is 1. The van der Waals surface area contributed by atoms with Gasteiger partial charge in [-0.15, -0.1) is 0 Å². The molecule has 0 bridgehead atoms. The highest BCUT2D eigenvalue weighted by Gasteiger charge is 2.03. The van der Waals surface area contributed by atoms with Crippen molar-refractivity contribution in [2.45, 2.75) is 4.90 Å². The Labute approximate surface area is 100 Å². The van der Waals surface area contributed by atoms with Gasteiger partial charge in [0.25, 0.3) is 0 Å². The van der Waals surface area contributed by atoms with Gasteiger partial charge >= 0.3 is 0 Å². The maximum atomic E-state index is 10.6. The molecule has 0 saturated carbocycles. The summed E-state index contributed by atoms with van der Waals surface area (Å²) in [6, 6.07) is 16.6. The number of benzene rings is 2. The smallest absolute Gasteiger partial charge is 0.238 e. The molecule has 0 saturated heterocycles. The molecule has 0 heterocycles. The number of rotatable bonds is 1. The highest BCUT2D eigenvalue weighted by molar-refractivity contribution is 7.89. The van der Waals surface area contributed by atoms with E-state index < -0.39 is 10.0 Å². The van der Waals surface area contributed by atoms with Crippen LogP contribution in [0.1, 0.15) is 0 Å². The molecule has 5 heteroatoms. The van der Waals surface area contributed by atoms with Crippen molar-refractivity contribution < 1.29 is 13.5 Å². The first-order valence-corrected chi connectivity index (χ1v) is 6.36. The lowest BCUT2D eigenvalue weighted by Gasteiger charge is -1.93. The monoisotopic (exact) mass is 251 g/mol. The fourth-order valence-corrected chi connectivity index (χ4v) is 1.57. The van der Waals surface area contributed by atoms with E-state index in [9.17, 15) is 8.42 Å². The number of phenolic OH excluding ortho intramolecular Hbond substituents is 1. The molecule has 90 valence electrons. The van der Waals surface area contributed by atoms with Gasteiger partial charge in [0.15, 0.2) is 0 Å². The van der Waals surface area contributed by atoms with Crippen molar-refractivity contribution in [2.75, 3.05) is 0 Å². The summed E-state index contributed by atoms with van der Waals surface area (Å²) in [5, 5.41) is 13.5. The van der Waals surface area contributed by atoms with Crippen LogP contribution in [0.5, 0.6) is 5.75 Å². The van der Waals surface area contributed by atoms with Crippen LogP contribution < -0.4 is 5.14 Å². The van der Waals surface area contributed by atoms with Crippen LogP contribution in [0.25, 0.3) is 0 Å². The molecule has 4 nitrogen and oxygen atoms in total. The molecule has 0 spiro atoms. The minimum atomic E-state index is -3.50. The maximum Gasteiger partial charge on any atom is 0.238 e. The normalized spacial score (nSPS) is 10.2. The third-order valence-electron chi connectivity index (χ3n) is 1.83. The molecule has 2 aromatic rings. The average molecular weight is 251 g/mol. The topological polar surface area (TPSA) is 80.4 Å². The molecule has 3 N–H and O–H groups in total. The Morgan fingerprint density at radius 1 is 0.824 bits per heavy atom. The molecule has 2 rings (SSSR count). The molecule has 0 radical (unpaired) electrons. The maximum absolute atomic E-state index is 10.6. The van der Waals surface area contributed by atoms with E-state index in [1.54, 1.807) is 42.5 Å². The van der Waals surface area contributed by atoms with Gasteiger partial charge in [-0.05, 0) is 24.3 Å². The first-order valence-electron chi connectivity index (χ1n) is 4.82. The van der Waals surface area contributed by atoms with Crippen molar-refractivity contribution in [1.29, 1.82) is 0 Å². The van der Waals surface area contributed by atoms with Crippen molar-refractivity contribution >= 4 is 10.0 Å². The van der Waals surface area contributed by atoms with Gasteiger partial charge in [-0.1, -0.05) is 36.4 Å². The number of sulfonamides is 1. The van der Waals surface area contributed by atoms with Crippen molar-refractivity contribution in [1.82, 2.24) is 0 Å². The summed E-state index contributed by atoms with van der Waals surface area (Å²) in [7, 11) is -3.50. The largest absolute Gasteiger partial charge is 0.508 e. The Kier molecular flexibility index (Phi) is 4.68. The zero-order chi connectivity index (χ0) is 12.7. The van der Waals surface area contributed by atoms with Gasteiger partial charge in [0.05, 0.1) is 4.90 Å². The Hall–Kier alpha value is -1.85. The highest BCUT2D eigenvalue weighted by Crippen LogP contribution is 2.03. The number of hydrogen-bond acceptors (Lipinski definition) is 3. The molecule has 0 aromatic heterocycles. The Balaban J connectivity index is 0.000000181. The van der Waals surface area contributed by atoms with E-state index in [-0.39, 0.29) is 4.90 Å². The summed E-state index contributed by atoms with van der Waals surface area (Å²) in [5.74, 6) is 0.322. The van der Waals surface area contributed by atoms with Crippen molar-refractivity contribution in [3.05, 3.63) is 60.7 Å². The van der Waals surface area contributed by atoms with E-state index in [1.807, 2.05) is 6.07 Å². The first-order chi connectivity index (χ1) is 8.00. The molecule has 0 aliphatic rings. The Morgan fingerprint density at radius 2 is 1.24 bits per heavy atom. The summed E-state index contributed by atoms with van der Waals surface area (Å²) in [6.07, 6.45) is 0. The van der Waals surface area contributed by atoms with E-state index in [0.29, 0.717) is 5.75 Å². The van der Waals surface area contributed by atoms with Gasteiger partial charge in [-0.2, -0.15) is 0 Å². The van der Waals surface area contributed by atoms with Gasteiger partial charge in [0, 0.05) is 0 Å². The lowest BCUT2D eigenvalue weighted by molar-refractivity contribution is 0.475. The van der Waals surface area contributed by atoms with Crippen LogP contribution in [0, 0.1) is 0 Å². The second-order valence-electron chi connectivity index (χ2n) is 3.19. The van der Waals surface area contributed by atoms with E-state index in [2.05, 4.69) is 0 Å². The zero-order valence-corrected chi connectivity index (χ0v) is 9.84. The first kappa shape index (κ1) is 13.2. The van der Waals surface area contributed by atoms with Crippen molar-refractivity contribution in [2.24, 2.45) is 5.14 Å². The number of phenols is 1. The zero-order valence-electron chi connectivity index (χ0n) is 9.02. The van der Waals surface area contributed by atoms with Gasteiger partial charge in [-0.25, -0.2) is 13.6 Å².